The molecule has 0 aliphatic heterocycles. The molecule has 3 aromatic heterocycles. The highest BCUT2D eigenvalue weighted by molar-refractivity contribution is 5.97. The number of carbonyl (C=O) groups is 1. The molecule has 132 valence electrons. The summed E-state index contributed by atoms with van der Waals surface area (Å²) in [6.45, 7) is 0.862. The van der Waals surface area contributed by atoms with Gasteiger partial charge in [0.15, 0.2) is 5.58 Å². The van der Waals surface area contributed by atoms with Crippen LogP contribution in [0.5, 0.6) is 5.75 Å². The summed E-state index contributed by atoms with van der Waals surface area (Å²) in [5.74, 6) is 1.30. The molecule has 0 unspecified atom stereocenters. The van der Waals surface area contributed by atoms with E-state index in [1.54, 1.807) is 31.8 Å². The summed E-state index contributed by atoms with van der Waals surface area (Å²) in [5.41, 5.74) is 3.11. The van der Waals surface area contributed by atoms with Gasteiger partial charge in [0.25, 0.3) is 5.91 Å². The van der Waals surface area contributed by atoms with Gasteiger partial charge in [0.2, 0.25) is 0 Å². The summed E-state index contributed by atoms with van der Waals surface area (Å²) in [5, 5.41) is 2.88. The Balaban J connectivity index is 1.63. The molecule has 1 aromatic carbocycles. The number of furan rings is 2. The topological polar surface area (TPSA) is 69.5 Å². The molecule has 4 rings (SSSR count). The van der Waals surface area contributed by atoms with Crippen molar-refractivity contribution in [2.45, 2.75) is 13.1 Å². The van der Waals surface area contributed by atoms with E-state index in [-0.39, 0.29) is 5.91 Å². The predicted molar refractivity (Wildman–Crippen MR) is 96.2 cm³/mol. The van der Waals surface area contributed by atoms with Crippen LogP contribution in [0, 0.1) is 0 Å². The minimum Gasteiger partial charge on any atom is -0.497 e. The zero-order valence-corrected chi connectivity index (χ0v) is 14.3. The number of nitrogens with zero attached hydrogens (tertiary/aromatic N) is 1. The Bertz CT molecular complexity index is 1030. The highest BCUT2D eigenvalue weighted by Gasteiger charge is 2.18. The van der Waals surface area contributed by atoms with Crippen molar-refractivity contribution < 1.29 is 18.4 Å². The van der Waals surface area contributed by atoms with Gasteiger partial charge in [0.05, 0.1) is 31.7 Å². The lowest BCUT2D eigenvalue weighted by atomic mass is 10.2. The van der Waals surface area contributed by atoms with E-state index in [1.807, 2.05) is 41.0 Å². The lowest BCUT2D eigenvalue weighted by molar-refractivity contribution is 0.0939. The van der Waals surface area contributed by atoms with E-state index in [0.717, 1.165) is 16.8 Å². The van der Waals surface area contributed by atoms with Crippen molar-refractivity contribution >= 4 is 17.0 Å². The molecule has 26 heavy (non-hydrogen) atoms. The third kappa shape index (κ3) is 3.09. The molecule has 1 amide bonds. The van der Waals surface area contributed by atoms with Gasteiger partial charge in [-0.25, -0.2) is 0 Å². The van der Waals surface area contributed by atoms with Gasteiger partial charge in [-0.2, -0.15) is 0 Å². The molecule has 0 saturated carbocycles. The van der Waals surface area contributed by atoms with Gasteiger partial charge in [-0.3, -0.25) is 4.79 Å². The molecular weight excluding hydrogens is 332 g/mol. The summed E-state index contributed by atoms with van der Waals surface area (Å²) >= 11 is 0. The second kappa shape index (κ2) is 6.84. The first-order valence-corrected chi connectivity index (χ1v) is 8.25. The van der Waals surface area contributed by atoms with Gasteiger partial charge >= 0.3 is 0 Å². The van der Waals surface area contributed by atoms with Crippen LogP contribution in [-0.2, 0) is 13.1 Å². The maximum atomic E-state index is 12.7. The van der Waals surface area contributed by atoms with Crippen molar-refractivity contribution in [3.63, 3.8) is 0 Å². The average Bonchev–Trinajstić information content (AvgIpc) is 3.39. The van der Waals surface area contributed by atoms with Gasteiger partial charge in [0.1, 0.15) is 17.2 Å². The molecule has 1 N–H and O–H groups in total. The van der Waals surface area contributed by atoms with E-state index >= 15 is 0 Å². The summed E-state index contributed by atoms with van der Waals surface area (Å²) in [7, 11) is 1.64. The number of carbonyl (C=O) groups excluding carboxylic acids is 1. The van der Waals surface area contributed by atoms with Gasteiger partial charge in [0, 0.05) is 18.7 Å². The van der Waals surface area contributed by atoms with E-state index in [9.17, 15) is 4.79 Å². The molecule has 0 fully saturated rings. The van der Waals surface area contributed by atoms with Crippen LogP contribution in [0.25, 0.3) is 11.1 Å². The van der Waals surface area contributed by atoms with E-state index in [0.29, 0.717) is 30.1 Å². The van der Waals surface area contributed by atoms with Crippen LogP contribution in [0.2, 0.25) is 0 Å². The second-order valence-corrected chi connectivity index (χ2v) is 5.90. The van der Waals surface area contributed by atoms with Crippen LogP contribution in [-0.4, -0.2) is 17.6 Å². The molecule has 6 heteroatoms. The predicted octanol–water partition coefficient (Wildman–Crippen LogP) is 3.81. The maximum absolute atomic E-state index is 12.7. The van der Waals surface area contributed by atoms with Crippen LogP contribution in [0.1, 0.15) is 21.8 Å². The van der Waals surface area contributed by atoms with Gasteiger partial charge in [-0.15, -0.1) is 0 Å². The second-order valence-electron chi connectivity index (χ2n) is 5.90. The number of ether oxygens (including phenoxy) is 1. The van der Waals surface area contributed by atoms with Gasteiger partial charge in [-0.1, -0.05) is 12.1 Å². The molecule has 0 aliphatic carbocycles. The standard InChI is InChI=1S/C20H18N2O4/c1-24-15-5-2-4-14(10-15)13-22-17-7-9-26-19(17)11-18(22)20(23)21-12-16-6-3-8-25-16/h2-11H,12-13H2,1H3,(H,21,23). The summed E-state index contributed by atoms with van der Waals surface area (Å²) < 4.78 is 18.0. The van der Waals surface area contributed by atoms with Crippen LogP contribution in [0.3, 0.4) is 0 Å². The van der Waals surface area contributed by atoms with Gasteiger partial charge < -0.3 is 23.5 Å². The van der Waals surface area contributed by atoms with E-state index in [2.05, 4.69) is 5.32 Å². The minimum absolute atomic E-state index is 0.185. The third-order valence-corrected chi connectivity index (χ3v) is 4.23. The Morgan fingerprint density at radius 2 is 2.04 bits per heavy atom. The highest BCUT2D eigenvalue weighted by Crippen LogP contribution is 2.23. The normalized spacial score (nSPS) is 11.0. The number of rotatable bonds is 6. The largest absolute Gasteiger partial charge is 0.497 e. The lowest BCUT2D eigenvalue weighted by Crippen LogP contribution is -2.25. The molecule has 0 spiro atoms. The summed E-state index contributed by atoms with van der Waals surface area (Å²) in [6.07, 6.45) is 3.21. The Hall–Kier alpha value is -3.41. The number of methoxy groups -OCH3 is 1. The third-order valence-electron chi connectivity index (χ3n) is 4.23. The van der Waals surface area contributed by atoms with Crippen LogP contribution < -0.4 is 10.1 Å². The van der Waals surface area contributed by atoms with Crippen molar-refractivity contribution in [1.82, 2.24) is 9.88 Å². The number of aromatic nitrogens is 1. The Morgan fingerprint density at radius 3 is 2.85 bits per heavy atom. The van der Waals surface area contributed by atoms with Crippen LogP contribution in [0.15, 0.2) is 69.9 Å². The maximum Gasteiger partial charge on any atom is 0.268 e. The zero-order chi connectivity index (χ0) is 17.9. The van der Waals surface area contributed by atoms with Crippen molar-refractivity contribution in [3.05, 3.63) is 78.1 Å². The number of amides is 1. The van der Waals surface area contributed by atoms with E-state index in [1.165, 1.54) is 0 Å². The molecule has 0 saturated heterocycles. The fourth-order valence-electron chi connectivity index (χ4n) is 2.96. The number of hydrogen-bond donors (Lipinski definition) is 1. The smallest absolute Gasteiger partial charge is 0.268 e. The average molecular weight is 350 g/mol. The Labute approximate surface area is 150 Å². The Morgan fingerprint density at radius 1 is 1.12 bits per heavy atom. The van der Waals surface area contributed by atoms with E-state index in [4.69, 9.17) is 13.6 Å². The number of benzene rings is 1. The highest BCUT2D eigenvalue weighted by atomic mass is 16.5. The number of nitrogens with one attached hydrogen (secondary N) is 1. The summed E-state index contributed by atoms with van der Waals surface area (Å²) in [6, 6.07) is 15.0. The minimum atomic E-state index is -0.185. The van der Waals surface area contributed by atoms with Crippen LogP contribution >= 0.6 is 0 Å². The van der Waals surface area contributed by atoms with Gasteiger partial charge in [-0.05, 0) is 29.8 Å². The van der Waals surface area contributed by atoms with Crippen LogP contribution in [0.4, 0.5) is 0 Å². The lowest BCUT2D eigenvalue weighted by Gasteiger charge is -2.11. The molecule has 6 nitrogen and oxygen atoms in total. The first-order valence-electron chi connectivity index (χ1n) is 8.25. The molecule has 0 bridgehead atoms. The molecular formula is C20H18N2O4. The molecule has 4 aromatic rings. The molecule has 3 heterocycles. The quantitative estimate of drug-likeness (QED) is 0.574. The monoisotopic (exact) mass is 350 g/mol. The van der Waals surface area contributed by atoms with E-state index < -0.39 is 0 Å². The number of fused-ring (bicyclic) bond motifs is 1. The Kier molecular flexibility index (Phi) is 4.23. The molecule has 0 atom stereocenters. The van der Waals surface area contributed by atoms with Crippen molar-refractivity contribution in [2.24, 2.45) is 0 Å². The van der Waals surface area contributed by atoms with Crippen molar-refractivity contribution in [1.29, 1.82) is 0 Å². The first-order chi connectivity index (χ1) is 12.7. The molecule has 0 radical (unpaired) electrons. The fourth-order valence-corrected chi connectivity index (χ4v) is 2.96. The number of hydrogen-bond acceptors (Lipinski definition) is 4. The van der Waals surface area contributed by atoms with Crippen molar-refractivity contribution in [3.8, 4) is 5.75 Å². The molecule has 0 aliphatic rings. The van der Waals surface area contributed by atoms with Crippen molar-refractivity contribution in [2.75, 3.05) is 7.11 Å². The summed E-state index contributed by atoms with van der Waals surface area (Å²) in [4.78, 5) is 12.7. The zero-order valence-electron chi connectivity index (χ0n) is 14.3. The first kappa shape index (κ1) is 16.1. The fraction of sp³-hybridized carbons (Fsp3) is 0.150. The SMILES string of the molecule is COc1cccc(Cn2c(C(=O)NCc3ccco3)cc3occc32)c1.